The van der Waals surface area contributed by atoms with Crippen molar-refractivity contribution < 1.29 is 13.2 Å². The number of hydrogen-bond acceptors (Lipinski definition) is 3. The highest BCUT2D eigenvalue weighted by Crippen LogP contribution is 2.27. The lowest BCUT2D eigenvalue weighted by Gasteiger charge is -2.23. The summed E-state index contributed by atoms with van der Waals surface area (Å²) in [6.07, 6.45) is 1.09. The SMILES string of the molecule is CS(=O)(=O)N(CC(=O)NCc1cccc2ccccc12)c1ccccc1Br. The molecular weight excluding hydrogens is 428 g/mol. The Morgan fingerprint density at radius 1 is 1.00 bits per heavy atom. The third-order valence-electron chi connectivity index (χ3n) is 4.16. The minimum Gasteiger partial charge on any atom is -0.350 e. The number of carbonyl (C=O) groups is 1. The number of benzene rings is 3. The molecule has 0 bridgehead atoms. The highest BCUT2D eigenvalue weighted by atomic mass is 79.9. The largest absolute Gasteiger partial charge is 0.350 e. The molecular formula is C20H19BrN2O3S. The molecule has 0 atom stereocenters. The summed E-state index contributed by atoms with van der Waals surface area (Å²) in [5.74, 6) is -0.371. The maximum absolute atomic E-state index is 12.5. The number of rotatable bonds is 6. The Kier molecular flexibility index (Phi) is 5.82. The zero-order valence-electron chi connectivity index (χ0n) is 14.7. The molecule has 0 aliphatic carbocycles. The van der Waals surface area contributed by atoms with Gasteiger partial charge in [0.05, 0.1) is 11.9 Å². The van der Waals surface area contributed by atoms with Gasteiger partial charge in [0.15, 0.2) is 0 Å². The molecule has 27 heavy (non-hydrogen) atoms. The molecule has 0 aromatic heterocycles. The van der Waals surface area contributed by atoms with E-state index in [0.717, 1.165) is 26.9 Å². The van der Waals surface area contributed by atoms with Crippen LogP contribution in [0.25, 0.3) is 10.8 Å². The number of carbonyl (C=O) groups excluding carboxylic acids is 1. The van der Waals surface area contributed by atoms with E-state index in [1.807, 2.05) is 42.5 Å². The molecule has 0 saturated heterocycles. The summed E-state index contributed by atoms with van der Waals surface area (Å²) in [6, 6.07) is 20.7. The molecule has 3 aromatic rings. The van der Waals surface area contributed by atoms with Gasteiger partial charge in [-0.1, -0.05) is 54.6 Å². The molecule has 3 rings (SSSR count). The van der Waals surface area contributed by atoms with Crippen LogP contribution in [0.4, 0.5) is 5.69 Å². The molecule has 7 heteroatoms. The summed E-state index contributed by atoms with van der Waals surface area (Å²) in [6.45, 7) is 0.0416. The van der Waals surface area contributed by atoms with Gasteiger partial charge in [-0.3, -0.25) is 9.10 Å². The van der Waals surface area contributed by atoms with Crippen LogP contribution in [0.15, 0.2) is 71.2 Å². The molecule has 3 aromatic carbocycles. The molecule has 1 N–H and O–H groups in total. The summed E-state index contributed by atoms with van der Waals surface area (Å²) in [4.78, 5) is 12.5. The minimum absolute atomic E-state index is 0.286. The summed E-state index contributed by atoms with van der Waals surface area (Å²) >= 11 is 3.34. The van der Waals surface area contributed by atoms with Crippen molar-refractivity contribution in [2.75, 3.05) is 17.1 Å². The molecule has 0 saturated carbocycles. The zero-order valence-corrected chi connectivity index (χ0v) is 17.1. The average Bonchev–Trinajstić information content (AvgIpc) is 2.64. The number of hydrogen-bond donors (Lipinski definition) is 1. The maximum atomic E-state index is 12.5. The van der Waals surface area contributed by atoms with Crippen molar-refractivity contribution in [1.29, 1.82) is 0 Å². The molecule has 0 spiro atoms. The van der Waals surface area contributed by atoms with E-state index in [0.29, 0.717) is 16.7 Å². The van der Waals surface area contributed by atoms with Gasteiger partial charge in [0.1, 0.15) is 6.54 Å². The van der Waals surface area contributed by atoms with Crippen molar-refractivity contribution in [2.24, 2.45) is 0 Å². The highest BCUT2D eigenvalue weighted by Gasteiger charge is 2.22. The molecule has 5 nitrogen and oxygen atoms in total. The number of sulfonamides is 1. The third kappa shape index (κ3) is 4.67. The number of anilines is 1. The van der Waals surface area contributed by atoms with E-state index in [9.17, 15) is 13.2 Å². The minimum atomic E-state index is -3.61. The van der Waals surface area contributed by atoms with Crippen LogP contribution in [-0.2, 0) is 21.4 Å². The van der Waals surface area contributed by atoms with Gasteiger partial charge in [0.2, 0.25) is 15.9 Å². The molecule has 0 aliphatic heterocycles. The van der Waals surface area contributed by atoms with E-state index in [-0.39, 0.29) is 12.5 Å². The Bertz CT molecular complexity index is 1080. The van der Waals surface area contributed by atoms with Gasteiger partial charge in [-0.15, -0.1) is 0 Å². The van der Waals surface area contributed by atoms with Gasteiger partial charge in [0, 0.05) is 11.0 Å². The lowest BCUT2D eigenvalue weighted by molar-refractivity contribution is -0.119. The Balaban J connectivity index is 1.76. The Hall–Kier alpha value is -2.38. The molecule has 0 fully saturated rings. The average molecular weight is 447 g/mol. The van der Waals surface area contributed by atoms with Crippen molar-refractivity contribution in [2.45, 2.75) is 6.54 Å². The van der Waals surface area contributed by atoms with E-state index in [1.165, 1.54) is 0 Å². The van der Waals surface area contributed by atoms with Crippen LogP contribution < -0.4 is 9.62 Å². The van der Waals surface area contributed by atoms with Crippen LogP contribution in [0, 0.1) is 0 Å². The Morgan fingerprint density at radius 3 is 2.41 bits per heavy atom. The number of amides is 1. The Morgan fingerprint density at radius 2 is 1.67 bits per heavy atom. The quantitative estimate of drug-likeness (QED) is 0.627. The lowest BCUT2D eigenvalue weighted by Crippen LogP contribution is -2.40. The van der Waals surface area contributed by atoms with Gasteiger partial charge < -0.3 is 5.32 Å². The number of nitrogens with one attached hydrogen (secondary N) is 1. The predicted molar refractivity (Wildman–Crippen MR) is 112 cm³/mol. The van der Waals surface area contributed by atoms with E-state index in [4.69, 9.17) is 0 Å². The fourth-order valence-corrected chi connectivity index (χ4v) is 4.35. The van der Waals surface area contributed by atoms with E-state index in [1.54, 1.807) is 24.3 Å². The number of para-hydroxylation sites is 1. The summed E-state index contributed by atoms with van der Waals surface area (Å²) in [7, 11) is -3.61. The van der Waals surface area contributed by atoms with Crippen molar-refractivity contribution in [3.05, 3.63) is 76.8 Å². The molecule has 0 aliphatic rings. The molecule has 0 heterocycles. The second kappa shape index (κ2) is 8.10. The van der Waals surface area contributed by atoms with Crippen LogP contribution in [0.5, 0.6) is 0 Å². The lowest BCUT2D eigenvalue weighted by atomic mass is 10.0. The fourth-order valence-electron chi connectivity index (χ4n) is 2.86. The standard InChI is InChI=1S/C20H19BrN2O3S/c1-27(25,26)23(19-12-5-4-11-18(19)21)14-20(24)22-13-16-9-6-8-15-7-2-3-10-17(15)16/h2-12H,13-14H2,1H3,(H,22,24). The normalized spacial score (nSPS) is 11.3. The number of nitrogens with zero attached hydrogens (tertiary/aromatic N) is 1. The monoisotopic (exact) mass is 446 g/mol. The molecule has 0 unspecified atom stereocenters. The fraction of sp³-hybridized carbons (Fsp3) is 0.150. The van der Waals surface area contributed by atoms with E-state index in [2.05, 4.69) is 21.2 Å². The first kappa shape index (κ1) is 19.4. The predicted octanol–water partition coefficient (Wildman–Crippen LogP) is 3.68. The van der Waals surface area contributed by atoms with Crippen LogP contribution >= 0.6 is 15.9 Å². The van der Waals surface area contributed by atoms with Crippen molar-refractivity contribution in [1.82, 2.24) is 5.32 Å². The van der Waals surface area contributed by atoms with Crippen molar-refractivity contribution in [3.8, 4) is 0 Å². The van der Waals surface area contributed by atoms with Crippen molar-refractivity contribution >= 4 is 48.3 Å². The number of fused-ring (bicyclic) bond motifs is 1. The number of halogens is 1. The Labute approximate surface area is 167 Å². The van der Waals surface area contributed by atoms with E-state index < -0.39 is 10.0 Å². The van der Waals surface area contributed by atoms with Gasteiger partial charge in [-0.05, 0) is 44.4 Å². The van der Waals surface area contributed by atoms with Crippen LogP contribution in [-0.4, -0.2) is 27.1 Å². The van der Waals surface area contributed by atoms with Gasteiger partial charge in [0.25, 0.3) is 0 Å². The van der Waals surface area contributed by atoms with Gasteiger partial charge in [-0.25, -0.2) is 8.42 Å². The first-order chi connectivity index (χ1) is 12.9. The van der Waals surface area contributed by atoms with Crippen LogP contribution in [0.2, 0.25) is 0 Å². The summed E-state index contributed by atoms with van der Waals surface area (Å²) in [5.41, 5.74) is 1.41. The van der Waals surface area contributed by atoms with Crippen LogP contribution in [0.1, 0.15) is 5.56 Å². The molecule has 140 valence electrons. The second-order valence-corrected chi connectivity index (χ2v) is 8.90. The first-order valence-corrected chi connectivity index (χ1v) is 11.0. The zero-order chi connectivity index (χ0) is 19.4. The second-order valence-electron chi connectivity index (χ2n) is 6.14. The molecule has 1 amide bonds. The topological polar surface area (TPSA) is 66.5 Å². The first-order valence-electron chi connectivity index (χ1n) is 8.32. The van der Waals surface area contributed by atoms with Crippen LogP contribution in [0.3, 0.4) is 0 Å². The summed E-state index contributed by atoms with van der Waals surface area (Å²) < 4.78 is 26.1. The van der Waals surface area contributed by atoms with E-state index >= 15 is 0 Å². The summed E-state index contributed by atoms with van der Waals surface area (Å²) in [5, 5.41) is 4.98. The van der Waals surface area contributed by atoms with Crippen molar-refractivity contribution in [3.63, 3.8) is 0 Å². The van der Waals surface area contributed by atoms with Gasteiger partial charge in [-0.2, -0.15) is 0 Å². The highest BCUT2D eigenvalue weighted by molar-refractivity contribution is 9.10. The smallest absolute Gasteiger partial charge is 0.241 e. The maximum Gasteiger partial charge on any atom is 0.241 e. The van der Waals surface area contributed by atoms with Gasteiger partial charge >= 0.3 is 0 Å². The molecule has 0 radical (unpaired) electrons. The third-order valence-corrected chi connectivity index (χ3v) is 5.96.